The molecule has 2 heterocycles. The highest BCUT2D eigenvalue weighted by Crippen LogP contribution is 2.29. The molecule has 0 radical (unpaired) electrons. The molecule has 2 unspecified atom stereocenters. The van der Waals surface area contributed by atoms with E-state index in [4.69, 9.17) is 4.98 Å². The van der Waals surface area contributed by atoms with Gasteiger partial charge in [-0.2, -0.15) is 0 Å². The maximum atomic E-state index is 4.86. The molecule has 1 aliphatic carbocycles. The summed E-state index contributed by atoms with van der Waals surface area (Å²) in [5.74, 6) is 1.02. The number of hydrogen-bond acceptors (Lipinski definition) is 4. The third-order valence-electron chi connectivity index (χ3n) is 6.48. The Bertz CT molecular complexity index is 1110. The fraction of sp³-hybridized carbons (Fsp3) is 0.333. The van der Waals surface area contributed by atoms with E-state index in [1.165, 1.54) is 16.7 Å². The van der Waals surface area contributed by atoms with Gasteiger partial charge in [-0.15, -0.1) is 0 Å². The van der Waals surface area contributed by atoms with Gasteiger partial charge >= 0.3 is 0 Å². The molecular weight excluding hydrogens is 394 g/mol. The average molecular weight is 426 g/mol. The second kappa shape index (κ2) is 9.63. The molecular formula is C27H31N5. The Hall–Kier alpha value is -3.02. The predicted molar refractivity (Wildman–Crippen MR) is 132 cm³/mol. The summed E-state index contributed by atoms with van der Waals surface area (Å²) in [6.07, 6.45) is 11.9. The minimum absolute atomic E-state index is 0.329. The molecule has 2 aromatic carbocycles. The summed E-state index contributed by atoms with van der Waals surface area (Å²) in [5.41, 5.74) is 6.19. The number of aromatic amines is 1. The fourth-order valence-corrected chi connectivity index (χ4v) is 4.71. The molecule has 1 aliphatic heterocycles. The highest BCUT2D eigenvalue weighted by atomic mass is 15.2. The van der Waals surface area contributed by atoms with E-state index in [0.29, 0.717) is 12.1 Å². The number of aliphatic imine (C=N–C) groups is 1. The lowest BCUT2D eigenvalue weighted by atomic mass is 9.89. The Morgan fingerprint density at radius 3 is 2.72 bits per heavy atom. The summed E-state index contributed by atoms with van der Waals surface area (Å²) < 4.78 is 0. The molecule has 0 fully saturated rings. The zero-order chi connectivity index (χ0) is 21.8. The normalized spacial score (nSPS) is 20.0. The van der Waals surface area contributed by atoms with Crippen LogP contribution in [0.3, 0.4) is 0 Å². The van der Waals surface area contributed by atoms with Gasteiger partial charge in [-0.25, -0.2) is 4.98 Å². The van der Waals surface area contributed by atoms with Gasteiger partial charge in [0.25, 0.3) is 0 Å². The van der Waals surface area contributed by atoms with Crippen molar-refractivity contribution in [1.29, 1.82) is 0 Å². The van der Waals surface area contributed by atoms with E-state index in [1.807, 2.05) is 19.3 Å². The van der Waals surface area contributed by atoms with Gasteiger partial charge in [0.1, 0.15) is 5.82 Å². The van der Waals surface area contributed by atoms with Crippen LogP contribution in [-0.4, -0.2) is 46.8 Å². The minimum Gasteiger partial charge on any atom is -0.341 e. The number of H-pyrrole nitrogens is 1. The fourth-order valence-electron chi connectivity index (χ4n) is 4.71. The Morgan fingerprint density at radius 1 is 1.03 bits per heavy atom. The van der Waals surface area contributed by atoms with Crippen LogP contribution in [0.1, 0.15) is 29.8 Å². The number of aromatic nitrogens is 2. The van der Waals surface area contributed by atoms with Crippen molar-refractivity contribution in [1.82, 2.24) is 20.2 Å². The molecule has 2 atom stereocenters. The Balaban J connectivity index is 1.39. The highest BCUT2D eigenvalue weighted by molar-refractivity contribution is 5.75. The number of nitrogens with zero attached hydrogens (tertiary/aromatic N) is 3. The Labute approximate surface area is 190 Å². The molecule has 0 amide bonds. The summed E-state index contributed by atoms with van der Waals surface area (Å²) in [6.45, 7) is 2.70. The predicted octanol–water partition coefficient (Wildman–Crippen LogP) is 4.43. The number of allylic oxidation sites excluding steroid dienone is 1. The van der Waals surface area contributed by atoms with E-state index < -0.39 is 0 Å². The third kappa shape index (κ3) is 4.74. The van der Waals surface area contributed by atoms with E-state index >= 15 is 0 Å². The second-order valence-electron chi connectivity index (χ2n) is 8.76. The molecule has 0 bridgehead atoms. The molecule has 32 heavy (non-hydrogen) atoms. The van der Waals surface area contributed by atoms with Crippen molar-refractivity contribution in [2.75, 3.05) is 13.6 Å². The molecule has 2 N–H and O–H groups in total. The molecule has 0 spiro atoms. The number of nitrogens with one attached hydrogen (secondary N) is 2. The molecule has 5 nitrogen and oxygen atoms in total. The van der Waals surface area contributed by atoms with Crippen LogP contribution in [0.5, 0.6) is 0 Å². The Kier molecular flexibility index (Phi) is 6.28. The maximum absolute atomic E-state index is 4.86. The topological polar surface area (TPSA) is 56.3 Å². The minimum atomic E-state index is 0.329. The van der Waals surface area contributed by atoms with Crippen LogP contribution in [0.25, 0.3) is 11.0 Å². The van der Waals surface area contributed by atoms with Crippen molar-refractivity contribution in [2.45, 2.75) is 44.4 Å². The number of likely N-dealkylation sites (N-methyl/N-ethyl adjacent to an activating group) is 1. The SMILES string of the molecule is CNCCc1ccc(CN(Cc2nc3ccccc3[nH]2)C2C=C3C=CC=NC3CC2)cc1. The van der Waals surface area contributed by atoms with E-state index in [2.05, 4.69) is 80.9 Å². The van der Waals surface area contributed by atoms with Crippen LogP contribution in [0, 0.1) is 0 Å². The van der Waals surface area contributed by atoms with Gasteiger partial charge in [-0.05, 0) is 67.8 Å². The van der Waals surface area contributed by atoms with Gasteiger partial charge in [0.15, 0.2) is 0 Å². The van der Waals surface area contributed by atoms with Crippen molar-refractivity contribution in [3.05, 3.63) is 89.3 Å². The first-order chi connectivity index (χ1) is 15.8. The van der Waals surface area contributed by atoms with Crippen LogP contribution in [0.15, 0.2) is 77.3 Å². The van der Waals surface area contributed by atoms with E-state index in [-0.39, 0.29) is 0 Å². The quantitative estimate of drug-likeness (QED) is 0.562. The number of hydrogen-bond donors (Lipinski definition) is 2. The van der Waals surface area contributed by atoms with Crippen LogP contribution in [0.2, 0.25) is 0 Å². The van der Waals surface area contributed by atoms with Crippen molar-refractivity contribution in [2.24, 2.45) is 4.99 Å². The molecule has 164 valence electrons. The van der Waals surface area contributed by atoms with Crippen LogP contribution >= 0.6 is 0 Å². The number of rotatable bonds is 8. The zero-order valence-electron chi connectivity index (χ0n) is 18.7. The number of fused-ring (bicyclic) bond motifs is 2. The lowest BCUT2D eigenvalue weighted by molar-refractivity contribution is 0.188. The van der Waals surface area contributed by atoms with Gasteiger partial charge in [0.2, 0.25) is 0 Å². The maximum Gasteiger partial charge on any atom is 0.121 e. The molecule has 5 heteroatoms. The van der Waals surface area contributed by atoms with Crippen molar-refractivity contribution in [3.63, 3.8) is 0 Å². The average Bonchev–Trinajstić information content (AvgIpc) is 3.25. The molecule has 3 aromatic rings. The van der Waals surface area contributed by atoms with Crippen LogP contribution in [0.4, 0.5) is 0 Å². The summed E-state index contributed by atoms with van der Waals surface area (Å²) in [7, 11) is 2.00. The molecule has 1 aromatic heterocycles. The van der Waals surface area contributed by atoms with Crippen molar-refractivity contribution >= 4 is 17.2 Å². The lowest BCUT2D eigenvalue weighted by Gasteiger charge is -2.34. The zero-order valence-corrected chi connectivity index (χ0v) is 18.7. The van der Waals surface area contributed by atoms with Crippen LogP contribution < -0.4 is 5.32 Å². The summed E-state index contributed by atoms with van der Waals surface area (Å²) in [4.78, 5) is 15.6. The molecule has 5 rings (SSSR count). The number of benzene rings is 2. The largest absolute Gasteiger partial charge is 0.341 e. The first kappa shape index (κ1) is 20.9. The molecule has 0 saturated heterocycles. The number of para-hydroxylation sites is 2. The smallest absolute Gasteiger partial charge is 0.121 e. The highest BCUT2D eigenvalue weighted by Gasteiger charge is 2.26. The second-order valence-corrected chi connectivity index (χ2v) is 8.76. The molecule has 0 saturated carbocycles. The van der Waals surface area contributed by atoms with Gasteiger partial charge in [0, 0.05) is 18.8 Å². The first-order valence-electron chi connectivity index (χ1n) is 11.6. The van der Waals surface area contributed by atoms with Gasteiger partial charge in [-0.1, -0.05) is 48.6 Å². The lowest BCUT2D eigenvalue weighted by Crippen LogP contribution is -2.37. The van der Waals surface area contributed by atoms with Gasteiger partial charge < -0.3 is 10.3 Å². The van der Waals surface area contributed by atoms with Crippen molar-refractivity contribution < 1.29 is 0 Å². The Morgan fingerprint density at radius 2 is 1.88 bits per heavy atom. The van der Waals surface area contributed by atoms with Crippen LogP contribution in [-0.2, 0) is 19.5 Å². The summed E-state index contributed by atoms with van der Waals surface area (Å²) in [6, 6.07) is 18.0. The van der Waals surface area contributed by atoms with E-state index in [1.54, 1.807) is 0 Å². The summed E-state index contributed by atoms with van der Waals surface area (Å²) in [5, 5.41) is 3.23. The summed E-state index contributed by atoms with van der Waals surface area (Å²) >= 11 is 0. The van der Waals surface area contributed by atoms with Crippen molar-refractivity contribution in [3.8, 4) is 0 Å². The number of dihydropyridines is 1. The third-order valence-corrected chi connectivity index (χ3v) is 6.48. The van der Waals surface area contributed by atoms with E-state index in [0.717, 1.165) is 55.8 Å². The molecule has 2 aliphatic rings. The first-order valence-corrected chi connectivity index (χ1v) is 11.6. The standard InChI is InChI=1S/C27H31N5/c1-28-16-14-20-8-10-21(11-9-20)18-32(19-27-30-25-6-2-3-7-26(25)31-27)23-12-13-24-22(17-23)5-4-15-29-24/h2-11,15,17,23-24,28H,12-14,16,18-19H2,1H3,(H,30,31). The van der Waals surface area contributed by atoms with Gasteiger partial charge in [-0.3, -0.25) is 9.89 Å². The monoisotopic (exact) mass is 425 g/mol. The van der Waals surface area contributed by atoms with E-state index in [9.17, 15) is 0 Å². The number of imidazole rings is 1. The van der Waals surface area contributed by atoms with Gasteiger partial charge in [0.05, 0.1) is 23.6 Å².